The Morgan fingerprint density at radius 3 is 2.38 bits per heavy atom. The number of nitrogens with zero attached hydrogens (tertiary/aromatic N) is 3. The zero-order valence-electron chi connectivity index (χ0n) is 16.1. The van der Waals surface area contributed by atoms with Crippen molar-refractivity contribution < 1.29 is 17.0 Å². The summed E-state index contributed by atoms with van der Waals surface area (Å²) in [6, 6.07) is 13.4. The minimum absolute atomic E-state index is 0. The summed E-state index contributed by atoms with van der Waals surface area (Å²) >= 11 is 1.86. The van der Waals surface area contributed by atoms with Crippen LogP contribution < -0.4 is 42.4 Å². The number of anilines is 1. The molecule has 0 spiro atoms. The predicted octanol–water partition coefficient (Wildman–Crippen LogP) is -0.654. The first-order chi connectivity index (χ1) is 12.9. The second-order valence-corrected chi connectivity index (χ2v) is 8.08. The van der Waals surface area contributed by atoms with Crippen molar-refractivity contribution in [2.45, 2.75) is 0 Å². The number of halogens is 3. The van der Waals surface area contributed by atoms with Crippen molar-refractivity contribution in [3.8, 4) is 10.6 Å². The molecule has 0 atom stereocenters. The third-order valence-electron chi connectivity index (χ3n) is 5.31. The lowest BCUT2D eigenvalue weighted by Crippen LogP contribution is -3.00. The van der Waals surface area contributed by atoms with E-state index in [-0.39, 0.29) is 50.9 Å². The first-order valence-electron chi connectivity index (χ1n) is 9.46. The highest BCUT2D eigenvalue weighted by Gasteiger charge is 2.15. The average Bonchev–Trinajstić information content (AvgIpc) is 2.73. The molecule has 0 unspecified atom stereocenters. The van der Waals surface area contributed by atoms with Gasteiger partial charge >= 0.3 is 0 Å². The van der Waals surface area contributed by atoms with Gasteiger partial charge in [0.15, 0.2) is 13.1 Å². The molecule has 0 aromatic heterocycles. The van der Waals surface area contributed by atoms with Crippen molar-refractivity contribution in [1.82, 2.24) is 20.2 Å². The Morgan fingerprint density at radius 2 is 1.62 bits per heavy atom. The van der Waals surface area contributed by atoms with Crippen molar-refractivity contribution in [3.05, 3.63) is 41.8 Å². The van der Waals surface area contributed by atoms with Crippen LogP contribution in [0.25, 0.3) is 20.8 Å². The van der Waals surface area contributed by atoms with Gasteiger partial charge in [0.2, 0.25) is 5.36 Å². The summed E-state index contributed by atoms with van der Waals surface area (Å²) in [5.41, 5.74) is 3.50. The fraction of sp³-hybridized carbons (Fsp3) is 0.400. The Labute approximate surface area is 206 Å². The summed E-state index contributed by atoms with van der Waals surface area (Å²) in [7, 11) is 0. The lowest BCUT2D eigenvalue weighted by Gasteiger charge is -2.29. The van der Waals surface area contributed by atoms with Gasteiger partial charge in [-0.25, -0.2) is 9.56 Å². The summed E-state index contributed by atoms with van der Waals surface area (Å²) in [4.78, 5) is 8.63. The maximum Gasteiger partial charge on any atom is 0.201 e. The molecule has 1 aliphatic carbocycles. The van der Waals surface area contributed by atoms with Crippen LogP contribution >= 0.6 is 45.3 Å². The molecule has 4 aliphatic rings. The molecule has 29 heavy (non-hydrogen) atoms. The Bertz CT molecular complexity index is 979. The summed E-state index contributed by atoms with van der Waals surface area (Å²) in [5.74, 6) is 0. The number of aromatic nitrogens is 1. The molecule has 5 nitrogen and oxygen atoms in total. The normalized spacial score (nSPS) is 16.7. The van der Waals surface area contributed by atoms with Crippen molar-refractivity contribution in [2.75, 3.05) is 57.3 Å². The summed E-state index contributed by atoms with van der Waals surface area (Å²) < 4.78 is 3.73. The third-order valence-corrected chi connectivity index (χ3v) is 6.41. The van der Waals surface area contributed by atoms with E-state index in [9.17, 15) is 0 Å². The molecular weight excluding hydrogens is 582 g/mol. The zero-order valence-corrected chi connectivity index (χ0v) is 21.9. The minimum atomic E-state index is 0. The van der Waals surface area contributed by atoms with Gasteiger partial charge in [0, 0.05) is 44.0 Å². The van der Waals surface area contributed by atoms with Crippen molar-refractivity contribution in [3.63, 3.8) is 0 Å². The van der Waals surface area contributed by atoms with Gasteiger partial charge in [-0.1, -0.05) is 0 Å². The molecular formula is C20H26Br3N5S. The average molecular weight is 608 g/mol. The molecule has 3 heterocycles. The van der Waals surface area contributed by atoms with Crippen LogP contribution in [0.1, 0.15) is 0 Å². The van der Waals surface area contributed by atoms with Crippen molar-refractivity contribution in [2.24, 2.45) is 0 Å². The second-order valence-electron chi connectivity index (χ2n) is 6.99. The highest BCUT2D eigenvalue weighted by Crippen LogP contribution is 2.31. The van der Waals surface area contributed by atoms with Crippen LogP contribution in [0.2, 0.25) is 0 Å². The largest absolute Gasteiger partial charge is 1.00 e. The van der Waals surface area contributed by atoms with Gasteiger partial charge in [-0.15, -0.1) is 45.3 Å². The van der Waals surface area contributed by atoms with Gasteiger partial charge in [0.25, 0.3) is 0 Å². The molecule has 2 fully saturated rings. The van der Waals surface area contributed by atoms with Crippen LogP contribution in [-0.4, -0.2) is 57.3 Å². The highest BCUT2D eigenvalue weighted by atomic mass is 79.9. The third kappa shape index (κ3) is 5.37. The van der Waals surface area contributed by atoms with E-state index in [0.29, 0.717) is 0 Å². The van der Waals surface area contributed by atoms with Crippen LogP contribution in [0.15, 0.2) is 36.4 Å². The van der Waals surface area contributed by atoms with E-state index < -0.39 is 0 Å². The Hall–Kier alpha value is -0.580. The monoisotopic (exact) mass is 605 g/mol. The van der Waals surface area contributed by atoms with Gasteiger partial charge in [0.1, 0.15) is 0 Å². The summed E-state index contributed by atoms with van der Waals surface area (Å²) in [6.07, 6.45) is 0. The van der Waals surface area contributed by atoms with E-state index >= 15 is 0 Å². The van der Waals surface area contributed by atoms with Crippen LogP contribution in [0.3, 0.4) is 0 Å². The topological polar surface area (TPSA) is 43.2 Å². The SMILES string of the molecule is Br.Br.[Br-].c1cc2nc3ccc(=[N+]4CCNCC4)cc-3sc2cc1N1CCNCC1. The molecule has 3 aliphatic heterocycles. The van der Waals surface area contributed by atoms with Crippen LogP contribution in [0.4, 0.5) is 5.69 Å². The molecule has 1 aromatic rings. The zero-order chi connectivity index (χ0) is 17.3. The van der Waals surface area contributed by atoms with Crippen molar-refractivity contribution >= 4 is 61.2 Å². The van der Waals surface area contributed by atoms with Gasteiger partial charge in [0.05, 0.1) is 33.9 Å². The Kier molecular flexibility index (Phi) is 9.50. The van der Waals surface area contributed by atoms with E-state index in [4.69, 9.17) is 4.98 Å². The molecule has 0 bridgehead atoms. The van der Waals surface area contributed by atoms with Crippen molar-refractivity contribution in [1.29, 1.82) is 0 Å². The predicted molar refractivity (Wildman–Crippen MR) is 130 cm³/mol. The van der Waals surface area contributed by atoms with E-state index in [0.717, 1.165) is 63.6 Å². The molecule has 9 heteroatoms. The maximum absolute atomic E-state index is 4.90. The number of rotatable bonds is 1. The molecule has 2 N–H and O–H groups in total. The molecule has 0 saturated carbocycles. The number of hydrogen-bond donors (Lipinski definition) is 2. The summed E-state index contributed by atoms with van der Waals surface area (Å²) in [6.45, 7) is 8.54. The lowest BCUT2D eigenvalue weighted by atomic mass is 10.2. The maximum atomic E-state index is 4.90. The highest BCUT2D eigenvalue weighted by molar-refractivity contribution is 8.93. The quantitative estimate of drug-likeness (QED) is 0.285. The number of hydrogen-bond acceptors (Lipinski definition) is 5. The van der Waals surface area contributed by atoms with E-state index in [2.05, 4.69) is 56.5 Å². The first-order valence-corrected chi connectivity index (χ1v) is 10.3. The number of piperazine rings is 2. The fourth-order valence-corrected chi connectivity index (χ4v) is 4.87. The van der Waals surface area contributed by atoms with E-state index in [1.807, 2.05) is 11.3 Å². The molecule has 1 aromatic carbocycles. The Morgan fingerprint density at radius 1 is 0.897 bits per heavy atom. The van der Waals surface area contributed by atoms with Gasteiger partial charge < -0.3 is 32.5 Å². The van der Waals surface area contributed by atoms with Crippen LogP contribution in [-0.2, 0) is 0 Å². The van der Waals surface area contributed by atoms with Crippen LogP contribution in [0.5, 0.6) is 0 Å². The molecule has 2 saturated heterocycles. The fourth-order valence-electron chi connectivity index (χ4n) is 3.84. The van der Waals surface area contributed by atoms with E-state index in [1.165, 1.54) is 20.6 Å². The lowest BCUT2D eigenvalue weighted by molar-refractivity contribution is -0.00000537. The van der Waals surface area contributed by atoms with Crippen LogP contribution in [0, 0.1) is 0 Å². The number of benzene rings is 2. The first kappa shape index (κ1) is 24.7. The van der Waals surface area contributed by atoms with E-state index in [1.54, 1.807) is 0 Å². The summed E-state index contributed by atoms with van der Waals surface area (Å²) in [5, 5.41) is 8.16. The minimum Gasteiger partial charge on any atom is -1.00 e. The standard InChI is InChI=1S/C20H24N5S.3BrH/c1-3-17-19(13-15(1)24-9-5-21-6-10-24)26-20-14-16(2-4-18(20)23-17)25-11-7-22-8-12-25;;;/h1-4,13-14,21-22H,5-12H2;3*1H/q+1;;;/p-1. The number of nitrogens with one attached hydrogen (secondary N) is 2. The smallest absolute Gasteiger partial charge is 0.201 e. The molecule has 0 amide bonds. The number of fused-ring (bicyclic) bond motifs is 2. The Balaban J connectivity index is 0.000001000. The molecule has 158 valence electrons. The van der Waals surface area contributed by atoms with Gasteiger partial charge in [-0.3, -0.25) is 0 Å². The van der Waals surface area contributed by atoms with Gasteiger partial charge in [-0.05, 0) is 24.3 Å². The molecule has 5 rings (SSSR count). The molecule has 0 radical (unpaired) electrons. The second kappa shape index (κ2) is 11.2. The van der Waals surface area contributed by atoms with Gasteiger partial charge in [-0.2, -0.15) is 0 Å².